The Kier molecular flexibility index (Phi) is 5.49. The van der Waals surface area contributed by atoms with Gasteiger partial charge in [0.15, 0.2) is 0 Å². The SMILES string of the molecule is CCCCc1nnc(NC(=O)CCn2ncc(=O)c3ccccc32)s1. The molecule has 3 rings (SSSR count). The lowest BCUT2D eigenvalue weighted by molar-refractivity contribution is -0.116. The molecule has 0 atom stereocenters. The molecule has 7 nitrogen and oxygen atoms in total. The minimum atomic E-state index is -0.150. The van der Waals surface area contributed by atoms with Crippen LogP contribution in [-0.4, -0.2) is 25.9 Å². The van der Waals surface area contributed by atoms with E-state index in [0.717, 1.165) is 29.8 Å². The molecular weight excluding hydrogens is 338 g/mol. The molecule has 2 heterocycles. The zero-order chi connectivity index (χ0) is 17.6. The quantitative estimate of drug-likeness (QED) is 0.702. The van der Waals surface area contributed by atoms with Gasteiger partial charge in [0.1, 0.15) is 5.01 Å². The number of hydrogen-bond acceptors (Lipinski definition) is 6. The highest BCUT2D eigenvalue weighted by Gasteiger charge is 2.10. The number of aromatic nitrogens is 4. The molecule has 0 aliphatic carbocycles. The molecule has 0 radical (unpaired) electrons. The van der Waals surface area contributed by atoms with Gasteiger partial charge in [-0.05, 0) is 18.6 Å². The highest BCUT2D eigenvalue weighted by atomic mass is 32.1. The Bertz CT molecular complexity index is 934. The van der Waals surface area contributed by atoms with Crippen LogP contribution in [0.15, 0.2) is 35.3 Å². The lowest BCUT2D eigenvalue weighted by Gasteiger charge is -2.08. The Morgan fingerprint density at radius 3 is 2.96 bits per heavy atom. The Hall–Kier alpha value is -2.61. The summed E-state index contributed by atoms with van der Waals surface area (Å²) in [5.41, 5.74) is 0.602. The fourth-order valence-electron chi connectivity index (χ4n) is 2.46. The van der Waals surface area contributed by atoms with Crippen molar-refractivity contribution in [3.05, 3.63) is 45.7 Å². The number of benzene rings is 1. The molecule has 0 saturated carbocycles. The second-order valence-corrected chi connectivity index (χ2v) is 6.71. The largest absolute Gasteiger partial charge is 0.300 e. The van der Waals surface area contributed by atoms with Crippen LogP contribution < -0.4 is 10.7 Å². The lowest BCUT2D eigenvalue weighted by Crippen LogP contribution is -2.17. The molecule has 130 valence electrons. The van der Waals surface area contributed by atoms with Gasteiger partial charge in [-0.25, -0.2) is 0 Å². The van der Waals surface area contributed by atoms with Crippen LogP contribution in [0, 0.1) is 0 Å². The highest BCUT2D eigenvalue weighted by molar-refractivity contribution is 7.15. The minimum Gasteiger partial charge on any atom is -0.300 e. The maximum absolute atomic E-state index is 12.1. The van der Waals surface area contributed by atoms with E-state index in [9.17, 15) is 9.59 Å². The fourth-order valence-corrected chi connectivity index (χ4v) is 3.26. The zero-order valence-electron chi connectivity index (χ0n) is 13.9. The summed E-state index contributed by atoms with van der Waals surface area (Å²) in [4.78, 5) is 24.0. The van der Waals surface area contributed by atoms with Gasteiger partial charge in [0.25, 0.3) is 0 Å². The van der Waals surface area contributed by atoms with E-state index >= 15 is 0 Å². The second-order valence-electron chi connectivity index (χ2n) is 5.65. The molecule has 0 aliphatic rings. The monoisotopic (exact) mass is 357 g/mol. The Morgan fingerprint density at radius 1 is 1.28 bits per heavy atom. The predicted octanol–water partition coefficient (Wildman–Crippen LogP) is 2.62. The molecular formula is C17H19N5O2S. The number of aryl methyl sites for hydroxylation is 2. The van der Waals surface area contributed by atoms with Crippen LogP contribution in [0.5, 0.6) is 0 Å². The van der Waals surface area contributed by atoms with E-state index in [2.05, 4.69) is 27.5 Å². The molecule has 25 heavy (non-hydrogen) atoms. The third-order valence-electron chi connectivity index (χ3n) is 3.77. The molecule has 1 amide bonds. The van der Waals surface area contributed by atoms with Gasteiger partial charge in [-0.3, -0.25) is 14.3 Å². The molecule has 8 heteroatoms. The van der Waals surface area contributed by atoms with Gasteiger partial charge in [0.05, 0.1) is 18.3 Å². The third kappa shape index (κ3) is 4.27. The number of carbonyl (C=O) groups is 1. The fraction of sp³-hybridized carbons (Fsp3) is 0.353. The van der Waals surface area contributed by atoms with Crippen LogP contribution >= 0.6 is 11.3 Å². The maximum Gasteiger partial charge on any atom is 0.228 e. The number of rotatable bonds is 7. The van der Waals surface area contributed by atoms with E-state index in [1.807, 2.05) is 18.2 Å². The van der Waals surface area contributed by atoms with Crippen molar-refractivity contribution in [3.63, 3.8) is 0 Å². The zero-order valence-corrected chi connectivity index (χ0v) is 14.8. The Balaban J connectivity index is 1.62. The normalized spacial score (nSPS) is 10.9. The number of anilines is 1. The van der Waals surface area contributed by atoms with Gasteiger partial charge < -0.3 is 5.32 Å². The summed E-state index contributed by atoms with van der Waals surface area (Å²) >= 11 is 1.41. The number of hydrogen-bond donors (Lipinski definition) is 1. The van der Waals surface area contributed by atoms with Crippen molar-refractivity contribution in [2.75, 3.05) is 5.32 Å². The summed E-state index contributed by atoms with van der Waals surface area (Å²) < 4.78 is 1.67. The van der Waals surface area contributed by atoms with Gasteiger partial charge in [-0.2, -0.15) is 5.10 Å². The third-order valence-corrected chi connectivity index (χ3v) is 4.67. The van der Waals surface area contributed by atoms with Crippen molar-refractivity contribution in [2.24, 2.45) is 0 Å². The van der Waals surface area contributed by atoms with Crippen molar-refractivity contribution < 1.29 is 4.79 Å². The number of fused-ring (bicyclic) bond motifs is 1. The first-order valence-electron chi connectivity index (χ1n) is 8.24. The van der Waals surface area contributed by atoms with Crippen LogP contribution in [0.2, 0.25) is 0 Å². The topological polar surface area (TPSA) is 89.8 Å². The molecule has 0 spiro atoms. The van der Waals surface area contributed by atoms with Crippen LogP contribution in [-0.2, 0) is 17.8 Å². The average molecular weight is 357 g/mol. The first-order valence-corrected chi connectivity index (χ1v) is 9.06. The first kappa shape index (κ1) is 17.2. The summed E-state index contributed by atoms with van der Waals surface area (Å²) in [6.45, 7) is 2.51. The van der Waals surface area contributed by atoms with Crippen molar-refractivity contribution in [3.8, 4) is 0 Å². The van der Waals surface area contributed by atoms with Gasteiger partial charge in [-0.1, -0.05) is 36.8 Å². The molecule has 0 aliphatic heterocycles. The van der Waals surface area contributed by atoms with Crippen molar-refractivity contribution >= 4 is 33.3 Å². The van der Waals surface area contributed by atoms with Crippen LogP contribution in [0.1, 0.15) is 31.2 Å². The van der Waals surface area contributed by atoms with E-state index in [4.69, 9.17) is 0 Å². The summed E-state index contributed by atoms with van der Waals surface area (Å²) in [7, 11) is 0. The lowest BCUT2D eigenvalue weighted by atomic mass is 10.2. The second kappa shape index (κ2) is 7.98. The molecule has 3 aromatic rings. The van der Waals surface area contributed by atoms with E-state index in [0.29, 0.717) is 17.1 Å². The summed E-state index contributed by atoms with van der Waals surface area (Å²) in [6.07, 6.45) is 4.57. The van der Waals surface area contributed by atoms with Crippen LogP contribution in [0.3, 0.4) is 0 Å². The van der Waals surface area contributed by atoms with Gasteiger partial charge in [-0.15, -0.1) is 10.2 Å². The van der Waals surface area contributed by atoms with Crippen molar-refractivity contribution in [2.45, 2.75) is 39.2 Å². The number of nitrogens with zero attached hydrogens (tertiary/aromatic N) is 4. The number of unbranched alkanes of at least 4 members (excludes halogenated alkanes) is 1. The molecule has 0 unspecified atom stereocenters. The first-order chi connectivity index (χ1) is 12.2. The highest BCUT2D eigenvalue weighted by Crippen LogP contribution is 2.17. The van der Waals surface area contributed by atoms with E-state index in [1.165, 1.54) is 17.5 Å². The molecule has 1 aromatic carbocycles. The molecule has 0 fully saturated rings. The summed E-state index contributed by atoms with van der Waals surface area (Å²) in [5.74, 6) is -0.150. The molecule has 1 N–H and O–H groups in total. The average Bonchev–Trinajstić information content (AvgIpc) is 3.07. The number of para-hydroxylation sites is 1. The van der Waals surface area contributed by atoms with Crippen molar-refractivity contribution in [1.82, 2.24) is 20.0 Å². The Morgan fingerprint density at radius 2 is 2.12 bits per heavy atom. The minimum absolute atomic E-state index is 0.121. The summed E-state index contributed by atoms with van der Waals surface area (Å²) in [6, 6.07) is 7.24. The predicted molar refractivity (Wildman–Crippen MR) is 97.8 cm³/mol. The standard InChI is InChI=1S/C17H19N5O2S/c1-2-3-8-16-20-21-17(25-16)19-15(24)9-10-22-13-7-5-4-6-12(13)14(23)11-18-22/h4-7,11H,2-3,8-10H2,1H3,(H,19,21,24). The van der Waals surface area contributed by atoms with Gasteiger partial charge in [0.2, 0.25) is 16.5 Å². The molecule has 0 saturated heterocycles. The molecule has 0 bridgehead atoms. The number of nitrogens with one attached hydrogen (secondary N) is 1. The molecule has 2 aromatic heterocycles. The van der Waals surface area contributed by atoms with E-state index < -0.39 is 0 Å². The van der Waals surface area contributed by atoms with Crippen LogP contribution in [0.25, 0.3) is 10.9 Å². The Labute approximate surface area is 148 Å². The smallest absolute Gasteiger partial charge is 0.228 e. The van der Waals surface area contributed by atoms with Crippen molar-refractivity contribution in [1.29, 1.82) is 0 Å². The maximum atomic E-state index is 12.1. The van der Waals surface area contributed by atoms with E-state index in [-0.39, 0.29) is 17.8 Å². The number of carbonyl (C=O) groups excluding carboxylic acids is 1. The van der Waals surface area contributed by atoms with Gasteiger partial charge >= 0.3 is 0 Å². The number of amides is 1. The van der Waals surface area contributed by atoms with E-state index in [1.54, 1.807) is 10.7 Å². The van der Waals surface area contributed by atoms with Gasteiger partial charge in [0, 0.05) is 18.2 Å². The summed E-state index contributed by atoms with van der Waals surface area (Å²) in [5, 5.41) is 17.0. The van der Waals surface area contributed by atoms with Crippen LogP contribution in [0.4, 0.5) is 5.13 Å².